The van der Waals surface area contributed by atoms with Gasteiger partial charge in [-0.1, -0.05) is 13.8 Å². The maximum absolute atomic E-state index is 2.40. The Balaban J connectivity index is 2.41. The van der Waals surface area contributed by atoms with Crippen molar-refractivity contribution in [2.45, 2.75) is 26.7 Å². The SMILES string of the molecule is C[S+]1CCCC(C)(C)C1. The first-order valence-corrected chi connectivity index (χ1v) is 5.66. The molecule has 0 aromatic rings. The van der Waals surface area contributed by atoms with Gasteiger partial charge in [-0.25, -0.2) is 0 Å². The Hall–Kier alpha value is 0.350. The Bertz CT molecular complexity index is 96.7. The van der Waals surface area contributed by atoms with E-state index in [2.05, 4.69) is 20.1 Å². The van der Waals surface area contributed by atoms with Crippen molar-refractivity contribution in [2.24, 2.45) is 5.41 Å². The normalized spacial score (nSPS) is 34.3. The predicted molar refractivity (Wildman–Crippen MR) is 46.0 cm³/mol. The van der Waals surface area contributed by atoms with E-state index in [1.165, 1.54) is 24.3 Å². The van der Waals surface area contributed by atoms with E-state index in [1.54, 1.807) is 0 Å². The van der Waals surface area contributed by atoms with Crippen LogP contribution in [0.1, 0.15) is 26.7 Å². The molecule has 1 unspecified atom stereocenters. The topological polar surface area (TPSA) is 0 Å². The summed E-state index contributed by atoms with van der Waals surface area (Å²) in [6, 6.07) is 0. The molecule has 1 aliphatic heterocycles. The maximum atomic E-state index is 2.40. The lowest BCUT2D eigenvalue weighted by Gasteiger charge is -2.27. The summed E-state index contributed by atoms with van der Waals surface area (Å²) in [7, 11) is 0.740. The molecule has 0 nitrogen and oxygen atoms in total. The van der Waals surface area contributed by atoms with Gasteiger partial charge in [0, 0.05) is 5.41 Å². The standard InChI is InChI=1S/C8H17S/c1-8(2)5-4-6-9(3)7-8/h4-7H2,1-3H3/q+1. The van der Waals surface area contributed by atoms with E-state index in [9.17, 15) is 0 Å². The molecule has 1 fully saturated rings. The van der Waals surface area contributed by atoms with Gasteiger partial charge in [0.1, 0.15) is 11.5 Å². The summed E-state index contributed by atoms with van der Waals surface area (Å²) in [5.41, 5.74) is 0.663. The summed E-state index contributed by atoms with van der Waals surface area (Å²) < 4.78 is 0. The monoisotopic (exact) mass is 145 g/mol. The third-order valence-electron chi connectivity index (χ3n) is 1.98. The second-order valence-electron chi connectivity index (χ2n) is 3.90. The molecule has 0 amide bonds. The molecular weight excluding hydrogens is 128 g/mol. The van der Waals surface area contributed by atoms with Crippen LogP contribution in [0, 0.1) is 5.41 Å². The average molecular weight is 145 g/mol. The first-order valence-electron chi connectivity index (χ1n) is 3.69. The highest BCUT2D eigenvalue weighted by Gasteiger charge is 2.31. The summed E-state index contributed by atoms with van der Waals surface area (Å²) in [4.78, 5) is 0. The summed E-state index contributed by atoms with van der Waals surface area (Å²) in [6.07, 6.45) is 5.32. The molecule has 1 atom stereocenters. The van der Waals surface area contributed by atoms with Crippen LogP contribution in [0.2, 0.25) is 0 Å². The first-order chi connectivity index (χ1) is 4.10. The lowest BCUT2D eigenvalue weighted by atomic mass is 9.90. The number of hydrogen-bond acceptors (Lipinski definition) is 0. The summed E-state index contributed by atoms with van der Waals surface area (Å²) in [5.74, 6) is 2.95. The molecule has 9 heavy (non-hydrogen) atoms. The van der Waals surface area contributed by atoms with Gasteiger partial charge in [0.15, 0.2) is 0 Å². The van der Waals surface area contributed by atoms with Crippen LogP contribution in [0.25, 0.3) is 0 Å². The van der Waals surface area contributed by atoms with Crippen molar-refractivity contribution in [2.75, 3.05) is 17.8 Å². The van der Waals surface area contributed by atoms with Crippen molar-refractivity contribution >= 4 is 10.9 Å². The van der Waals surface area contributed by atoms with E-state index in [0.29, 0.717) is 5.41 Å². The molecule has 1 heterocycles. The third-order valence-corrected chi connectivity index (χ3v) is 4.24. The van der Waals surface area contributed by atoms with E-state index in [0.717, 1.165) is 10.9 Å². The van der Waals surface area contributed by atoms with Gasteiger partial charge in [0.2, 0.25) is 0 Å². The van der Waals surface area contributed by atoms with Crippen molar-refractivity contribution < 1.29 is 0 Å². The first kappa shape index (κ1) is 7.46. The molecule has 0 aliphatic carbocycles. The lowest BCUT2D eigenvalue weighted by molar-refractivity contribution is 0.372. The lowest BCUT2D eigenvalue weighted by Crippen LogP contribution is -2.30. The zero-order valence-electron chi connectivity index (χ0n) is 6.74. The van der Waals surface area contributed by atoms with E-state index < -0.39 is 0 Å². The van der Waals surface area contributed by atoms with Crippen LogP contribution in [0.3, 0.4) is 0 Å². The van der Waals surface area contributed by atoms with Crippen molar-refractivity contribution in [1.29, 1.82) is 0 Å². The highest BCUT2D eigenvalue weighted by molar-refractivity contribution is 7.96. The van der Waals surface area contributed by atoms with E-state index in [-0.39, 0.29) is 0 Å². The van der Waals surface area contributed by atoms with E-state index in [4.69, 9.17) is 0 Å². The Kier molecular flexibility index (Phi) is 2.10. The smallest absolute Gasteiger partial charge is 0.0554 e. The Morgan fingerprint density at radius 3 is 2.33 bits per heavy atom. The highest BCUT2D eigenvalue weighted by Crippen LogP contribution is 2.29. The second-order valence-corrected chi connectivity index (χ2v) is 6.16. The van der Waals surface area contributed by atoms with Gasteiger partial charge >= 0.3 is 0 Å². The molecule has 0 N–H and O–H groups in total. The molecule has 1 aliphatic rings. The Labute approximate surface area is 61.4 Å². The van der Waals surface area contributed by atoms with Crippen LogP contribution in [0.15, 0.2) is 0 Å². The van der Waals surface area contributed by atoms with Gasteiger partial charge in [-0.3, -0.25) is 0 Å². The molecule has 1 rings (SSSR count). The van der Waals surface area contributed by atoms with E-state index in [1.807, 2.05) is 0 Å². The summed E-state index contributed by atoms with van der Waals surface area (Å²) >= 11 is 0. The van der Waals surface area contributed by atoms with Gasteiger partial charge in [-0.15, -0.1) is 0 Å². The minimum Gasteiger partial charge on any atom is -0.0554 e. The molecule has 1 saturated heterocycles. The van der Waals surface area contributed by atoms with Crippen LogP contribution in [-0.2, 0) is 10.9 Å². The predicted octanol–water partition coefficient (Wildman–Crippen LogP) is 2.05. The largest absolute Gasteiger partial charge is 0.112 e. The van der Waals surface area contributed by atoms with Crippen LogP contribution in [-0.4, -0.2) is 17.8 Å². The van der Waals surface area contributed by atoms with Crippen molar-refractivity contribution in [3.05, 3.63) is 0 Å². The molecule has 1 heteroatoms. The Morgan fingerprint density at radius 2 is 2.00 bits per heavy atom. The molecular formula is C8H17S+. The molecule has 54 valence electrons. The van der Waals surface area contributed by atoms with Gasteiger partial charge < -0.3 is 0 Å². The Morgan fingerprint density at radius 1 is 1.33 bits per heavy atom. The third kappa shape index (κ3) is 2.21. The second kappa shape index (κ2) is 2.53. The van der Waals surface area contributed by atoms with Crippen molar-refractivity contribution in [1.82, 2.24) is 0 Å². The van der Waals surface area contributed by atoms with Crippen LogP contribution in [0.4, 0.5) is 0 Å². The molecule has 0 spiro atoms. The fraction of sp³-hybridized carbons (Fsp3) is 1.00. The van der Waals surface area contributed by atoms with Crippen molar-refractivity contribution in [3.8, 4) is 0 Å². The maximum Gasteiger partial charge on any atom is 0.112 e. The van der Waals surface area contributed by atoms with Gasteiger partial charge in [-0.2, -0.15) is 0 Å². The minimum absolute atomic E-state index is 0.663. The fourth-order valence-corrected chi connectivity index (χ4v) is 3.87. The molecule has 0 saturated carbocycles. The zero-order chi connectivity index (χ0) is 6.91. The average Bonchev–Trinajstić information content (AvgIpc) is 1.60. The minimum atomic E-state index is 0.663. The van der Waals surface area contributed by atoms with E-state index >= 15 is 0 Å². The summed E-state index contributed by atoms with van der Waals surface area (Å²) in [5, 5.41) is 0. The van der Waals surface area contributed by atoms with Crippen LogP contribution in [0.5, 0.6) is 0 Å². The quantitative estimate of drug-likeness (QED) is 0.458. The molecule has 0 radical (unpaired) electrons. The van der Waals surface area contributed by atoms with Crippen LogP contribution < -0.4 is 0 Å². The van der Waals surface area contributed by atoms with Crippen molar-refractivity contribution in [3.63, 3.8) is 0 Å². The van der Waals surface area contributed by atoms with Gasteiger partial charge in [0.25, 0.3) is 0 Å². The molecule has 0 aromatic carbocycles. The van der Waals surface area contributed by atoms with Gasteiger partial charge in [-0.05, 0) is 23.7 Å². The number of rotatable bonds is 0. The van der Waals surface area contributed by atoms with Crippen LogP contribution >= 0.6 is 0 Å². The fourth-order valence-electron chi connectivity index (χ4n) is 1.61. The highest BCUT2D eigenvalue weighted by atomic mass is 32.2. The van der Waals surface area contributed by atoms with Gasteiger partial charge in [0.05, 0.1) is 6.26 Å². The molecule has 0 bridgehead atoms. The zero-order valence-corrected chi connectivity index (χ0v) is 7.55. The summed E-state index contributed by atoms with van der Waals surface area (Å²) in [6.45, 7) is 4.80. The molecule has 0 aromatic heterocycles. The number of hydrogen-bond donors (Lipinski definition) is 0.